The second-order valence-corrected chi connectivity index (χ2v) is 4.62. The third-order valence-electron chi connectivity index (χ3n) is 2.20. The molecule has 1 rings (SSSR count). The summed E-state index contributed by atoms with van der Waals surface area (Å²) in [5.74, 6) is 0. The van der Waals surface area contributed by atoms with Gasteiger partial charge in [-0.2, -0.15) is 0 Å². The van der Waals surface area contributed by atoms with Crippen molar-refractivity contribution in [2.45, 2.75) is 51.2 Å². The Bertz CT molecular complexity index is 99.7. The molecule has 1 saturated heterocycles. The van der Waals surface area contributed by atoms with Crippen molar-refractivity contribution < 1.29 is 0 Å². The van der Waals surface area contributed by atoms with Crippen molar-refractivity contribution in [3.63, 3.8) is 0 Å². The third-order valence-corrected chi connectivity index (χ3v) is 2.20. The Morgan fingerprint density at radius 3 is 1.33 bits per heavy atom. The summed E-state index contributed by atoms with van der Waals surface area (Å²) in [5, 5.41) is 1.01. The molecule has 0 aliphatic carbocycles. The predicted octanol–water partition coefficient (Wildman–Crippen LogP) is 2.88. The highest BCUT2D eigenvalue weighted by Crippen LogP contribution is 2.50. The van der Waals surface area contributed by atoms with Gasteiger partial charge in [0.05, 0.1) is 0 Å². The summed E-state index contributed by atoms with van der Waals surface area (Å²) in [7, 11) is 2.49. The maximum absolute atomic E-state index is 2.49. The van der Waals surface area contributed by atoms with Gasteiger partial charge in [-0.05, 0) is 0 Å². The fraction of sp³-hybridized carbons (Fsp3) is 1.00. The average Bonchev–Trinajstić information content (AvgIpc) is 1.78. The van der Waals surface area contributed by atoms with E-state index in [0.29, 0.717) is 10.6 Å². The Morgan fingerprint density at radius 1 is 0.889 bits per heavy atom. The van der Waals surface area contributed by atoms with E-state index in [4.69, 9.17) is 0 Å². The summed E-state index contributed by atoms with van der Waals surface area (Å²) in [5.41, 5.74) is 0. The topological polar surface area (TPSA) is 0 Å². The summed E-state index contributed by atoms with van der Waals surface area (Å²) in [6.07, 6.45) is 2.72. The molecular weight excluding hydrogens is 107 g/mol. The Morgan fingerprint density at radius 2 is 1.22 bits per heavy atom. The van der Waals surface area contributed by atoms with Crippen LogP contribution < -0.4 is 0 Å². The lowest BCUT2D eigenvalue weighted by molar-refractivity contribution is 0.577. The van der Waals surface area contributed by atoms with Crippen LogP contribution in [-0.2, 0) is 0 Å². The summed E-state index contributed by atoms with van der Waals surface area (Å²) in [6, 6.07) is 0. The molecule has 9 heavy (non-hydrogen) atoms. The van der Waals surface area contributed by atoms with Crippen LogP contribution in [0.1, 0.15) is 40.5 Å². The van der Waals surface area contributed by atoms with Crippen molar-refractivity contribution in [1.29, 1.82) is 0 Å². The van der Waals surface area contributed by atoms with Crippen LogP contribution in [0.2, 0.25) is 10.6 Å². The first-order valence-electron chi connectivity index (χ1n) is 3.78. The van der Waals surface area contributed by atoms with Crippen molar-refractivity contribution in [1.82, 2.24) is 0 Å². The maximum atomic E-state index is 2.49. The van der Waals surface area contributed by atoms with E-state index in [1.54, 1.807) is 0 Å². The SMILES string of the molecule is CC1(C)[B]C(C)(C)CC1. The maximum Gasteiger partial charge on any atom is 0.124 e. The highest BCUT2D eigenvalue weighted by Gasteiger charge is 2.37. The largest absolute Gasteiger partial charge is 0.124 e. The molecule has 0 aromatic carbocycles. The minimum atomic E-state index is 0.503. The monoisotopic (exact) mass is 123 g/mol. The highest BCUT2D eigenvalue weighted by atomic mass is 14.3. The first kappa shape index (κ1) is 7.18. The van der Waals surface area contributed by atoms with Crippen molar-refractivity contribution in [3.8, 4) is 0 Å². The van der Waals surface area contributed by atoms with E-state index in [1.165, 1.54) is 12.8 Å². The summed E-state index contributed by atoms with van der Waals surface area (Å²) in [4.78, 5) is 0. The molecule has 1 aliphatic heterocycles. The van der Waals surface area contributed by atoms with Crippen molar-refractivity contribution >= 4 is 7.28 Å². The molecule has 0 saturated carbocycles. The first-order valence-corrected chi connectivity index (χ1v) is 3.78. The zero-order chi connectivity index (χ0) is 7.12. The quantitative estimate of drug-likeness (QED) is 0.434. The Labute approximate surface area is 59.3 Å². The van der Waals surface area contributed by atoms with Crippen LogP contribution in [0.4, 0.5) is 0 Å². The minimum Gasteiger partial charge on any atom is -0.0671 e. The summed E-state index contributed by atoms with van der Waals surface area (Å²) >= 11 is 0. The minimum absolute atomic E-state index is 0.503. The summed E-state index contributed by atoms with van der Waals surface area (Å²) in [6.45, 7) is 9.28. The Balaban J connectivity index is 2.58. The molecule has 0 amide bonds. The molecular formula is C8H16B. The molecule has 0 aromatic rings. The number of hydrogen-bond acceptors (Lipinski definition) is 0. The first-order chi connectivity index (χ1) is 3.91. The van der Waals surface area contributed by atoms with Gasteiger partial charge in [-0.25, -0.2) is 0 Å². The standard InChI is InChI=1S/C8H16B/c1-7(2)5-6-8(3,4)9-7/h5-6H2,1-4H3. The van der Waals surface area contributed by atoms with Gasteiger partial charge in [-0.15, -0.1) is 0 Å². The van der Waals surface area contributed by atoms with Gasteiger partial charge in [0.25, 0.3) is 0 Å². The van der Waals surface area contributed by atoms with Gasteiger partial charge in [0.15, 0.2) is 0 Å². The lowest BCUT2D eigenvalue weighted by Crippen LogP contribution is -2.12. The lowest BCUT2D eigenvalue weighted by Gasteiger charge is -2.19. The number of rotatable bonds is 0. The van der Waals surface area contributed by atoms with Crippen LogP contribution in [0.5, 0.6) is 0 Å². The van der Waals surface area contributed by atoms with Gasteiger partial charge in [-0.1, -0.05) is 51.2 Å². The van der Waals surface area contributed by atoms with Crippen LogP contribution in [0.15, 0.2) is 0 Å². The fourth-order valence-corrected chi connectivity index (χ4v) is 1.85. The molecule has 0 N–H and O–H groups in total. The molecule has 1 radical (unpaired) electrons. The van der Waals surface area contributed by atoms with E-state index in [2.05, 4.69) is 35.0 Å². The van der Waals surface area contributed by atoms with Gasteiger partial charge in [0.2, 0.25) is 0 Å². The van der Waals surface area contributed by atoms with Crippen molar-refractivity contribution in [2.75, 3.05) is 0 Å². The molecule has 51 valence electrons. The van der Waals surface area contributed by atoms with E-state index in [1.807, 2.05) is 0 Å². The second-order valence-electron chi connectivity index (χ2n) is 4.62. The van der Waals surface area contributed by atoms with Gasteiger partial charge in [0.1, 0.15) is 7.28 Å². The van der Waals surface area contributed by atoms with Crippen molar-refractivity contribution in [2.24, 2.45) is 0 Å². The zero-order valence-electron chi connectivity index (χ0n) is 6.99. The lowest BCUT2D eigenvalue weighted by atomic mass is 9.46. The van der Waals surface area contributed by atoms with Crippen LogP contribution in [0.25, 0.3) is 0 Å². The van der Waals surface area contributed by atoms with Gasteiger partial charge in [-0.3, -0.25) is 0 Å². The van der Waals surface area contributed by atoms with Crippen LogP contribution in [0.3, 0.4) is 0 Å². The van der Waals surface area contributed by atoms with Gasteiger partial charge < -0.3 is 0 Å². The van der Waals surface area contributed by atoms with E-state index in [0.717, 1.165) is 0 Å². The normalized spacial score (nSPS) is 29.8. The smallest absolute Gasteiger partial charge is 0.0671 e. The molecule has 1 heteroatoms. The Hall–Kier alpha value is 0.0649. The Kier molecular flexibility index (Phi) is 1.41. The van der Waals surface area contributed by atoms with Crippen molar-refractivity contribution in [3.05, 3.63) is 0 Å². The third kappa shape index (κ3) is 1.74. The molecule has 0 unspecified atom stereocenters. The molecule has 0 aromatic heterocycles. The van der Waals surface area contributed by atoms with Crippen LogP contribution >= 0.6 is 0 Å². The molecule has 0 spiro atoms. The molecule has 0 atom stereocenters. The number of hydrogen-bond donors (Lipinski definition) is 0. The zero-order valence-corrected chi connectivity index (χ0v) is 6.99. The molecule has 0 nitrogen and oxygen atoms in total. The van der Waals surface area contributed by atoms with Crippen LogP contribution in [-0.4, -0.2) is 7.28 Å². The predicted molar refractivity (Wildman–Crippen MR) is 43.1 cm³/mol. The van der Waals surface area contributed by atoms with Gasteiger partial charge >= 0.3 is 0 Å². The molecule has 0 bridgehead atoms. The average molecular weight is 123 g/mol. The highest BCUT2D eigenvalue weighted by molar-refractivity contribution is 6.44. The van der Waals surface area contributed by atoms with Crippen LogP contribution in [0, 0.1) is 0 Å². The van der Waals surface area contributed by atoms with E-state index >= 15 is 0 Å². The van der Waals surface area contributed by atoms with E-state index in [9.17, 15) is 0 Å². The summed E-state index contributed by atoms with van der Waals surface area (Å²) < 4.78 is 0. The second kappa shape index (κ2) is 1.77. The van der Waals surface area contributed by atoms with Gasteiger partial charge in [0, 0.05) is 0 Å². The van der Waals surface area contributed by atoms with E-state index in [-0.39, 0.29) is 0 Å². The molecule has 1 heterocycles. The molecule has 1 aliphatic rings. The van der Waals surface area contributed by atoms with E-state index < -0.39 is 0 Å². The molecule has 1 fully saturated rings. The fourth-order valence-electron chi connectivity index (χ4n) is 1.85.